The summed E-state index contributed by atoms with van der Waals surface area (Å²) in [4.78, 5) is 4.84. The quantitative estimate of drug-likeness (QED) is 0.909. The summed E-state index contributed by atoms with van der Waals surface area (Å²) in [6.07, 6.45) is 0. The molecule has 0 aliphatic carbocycles. The predicted molar refractivity (Wildman–Crippen MR) is 83.8 cm³/mol. The van der Waals surface area contributed by atoms with Gasteiger partial charge in [0.05, 0.1) is 5.69 Å². The lowest BCUT2D eigenvalue weighted by Gasteiger charge is -2.30. The molecule has 2 aromatic rings. The molecule has 1 heterocycles. The van der Waals surface area contributed by atoms with E-state index in [0.717, 1.165) is 31.1 Å². The third-order valence-corrected chi connectivity index (χ3v) is 4.46. The number of aromatic hydroxyl groups is 1. The van der Waals surface area contributed by atoms with Gasteiger partial charge in [0.25, 0.3) is 0 Å². The summed E-state index contributed by atoms with van der Waals surface area (Å²) in [6, 6.07) is 15.9. The van der Waals surface area contributed by atoms with Crippen LogP contribution < -0.4 is 10.2 Å². The Bertz CT molecular complexity index is 565. The second kappa shape index (κ2) is 6.20. The molecule has 0 aromatic heterocycles. The topological polar surface area (TPSA) is 35.5 Å². The van der Waals surface area contributed by atoms with Crippen molar-refractivity contribution in [3.63, 3.8) is 0 Å². The van der Waals surface area contributed by atoms with Crippen molar-refractivity contribution in [1.29, 1.82) is 0 Å². The van der Waals surface area contributed by atoms with Crippen molar-refractivity contribution in [3.8, 4) is 5.75 Å². The number of phenols is 1. The molecule has 0 radical (unpaired) electrons. The van der Waals surface area contributed by atoms with Crippen molar-refractivity contribution in [2.45, 2.75) is 9.79 Å². The first-order valence-electron chi connectivity index (χ1n) is 6.84. The number of benzene rings is 2. The van der Waals surface area contributed by atoms with Gasteiger partial charge in [0.15, 0.2) is 0 Å². The molecule has 3 rings (SSSR count). The summed E-state index contributed by atoms with van der Waals surface area (Å²) < 4.78 is 0. The third-order valence-electron chi connectivity index (χ3n) is 3.39. The van der Waals surface area contributed by atoms with Crippen LogP contribution >= 0.6 is 11.8 Å². The smallest absolute Gasteiger partial charge is 0.115 e. The number of hydrogen-bond acceptors (Lipinski definition) is 4. The van der Waals surface area contributed by atoms with Gasteiger partial charge < -0.3 is 15.3 Å². The molecule has 0 atom stereocenters. The van der Waals surface area contributed by atoms with Gasteiger partial charge >= 0.3 is 0 Å². The summed E-state index contributed by atoms with van der Waals surface area (Å²) in [5.74, 6) is 0.310. The Morgan fingerprint density at radius 3 is 2.40 bits per heavy atom. The van der Waals surface area contributed by atoms with Crippen LogP contribution in [0.25, 0.3) is 0 Å². The van der Waals surface area contributed by atoms with E-state index in [-0.39, 0.29) is 0 Å². The van der Waals surface area contributed by atoms with Crippen LogP contribution in [0.5, 0.6) is 5.75 Å². The molecule has 104 valence electrons. The maximum absolute atomic E-state index is 9.36. The third kappa shape index (κ3) is 3.08. The first-order valence-corrected chi connectivity index (χ1v) is 7.66. The maximum atomic E-state index is 9.36. The summed E-state index contributed by atoms with van der Waals surface area (Å²) in [5.41, 5.74) is 1.30. The molecule has 0 amide bonds. The van der Waals surface area contributed by atoms with Gasteiger partial charge in [-0.2, -0.15) is 0 Å². The van der Waals surface area contributed by atoms with E-state index in [0.29, 0.717) is 5.75 Å². The van der Waals surface area contributed by atoms with Crippen molar-refractivity contribution in [1.82, 2.24) is 5.32 Å². The highest BCUT2D eigenvalue weighted by Crippen LogP contribution is 2.35. The van der Waals surface area contributed by atoms with Gasteiger partial charge in [0.2, 0.25) is 0 Å². The molecule has 2 N–H and O–H groups in total. The summed E-state index contributed by atoms with van der Waals surface area (Å²) in [7, 11) is 0. The van der Waals surface area contributed by atoms with E-state index in [1.165, 1.54) is 10.6 Å². The molecular formula is C16H18N2OS. The fourth-order valence-corrected chi connectivity index (χ4v) is 3.33. The molecule has 2 aromatic carbocycles. The van der Waals surface area contributed by atoms with Crippen LogP contribution in [0.4, 0.5) is 5.69 Å². The molecule has 4 heteroatoms. The molecule has 1 aliphatic rings. The number of para-hydroxylation sites is 1. The first kappa shape index (κ1) is 13.3. The lowest BCUT2D eigenvalue weighted by atomic mass is 10.2. The van der Waals surface area contributed by atoms with Crippen molar-refractivity contribution in [3.05, 3.63) is 48.5 Å². The lowest BCUT2D eigenvalue weighted by Crippen LogP contribution is -2.43. The van der Waals surface area contributed by atoms with Crippen LogP contribution in [0.2, 0.25) is 0 Å². The molecule has 0 spiro atoms. The zero-order valence-electron chi connectivity index (χ0n) is 11.2. The first-order chi connectivity index (χ1) is 9.83. The predicted octanol–water partition coefficient (Wildman–Crippen LogP) is 2.95. The largest absolute Gasteiger partial charge is 0.508 e. The normalized spacial score (nSPS) is 15.3. The number of anilines is 1. The van der Waals surface area contributed by atoms with Gasteiger partial charge in [-0.3, -0.25) is 0 Å². The molecule has 20 heavy (non-hydrogen) atoms. The minimum Gasteiger partial charge on any atom is -0.508 e. The van der Waals surface area contributed by atoms with Crippen LogP contribution in [0.15, 0.2) is 58.3 Å². The van der Waals surface area contributed by atoms with Crippen LogP contribution in [-0.4, -0.2) is 31.3 Å². The Morgan fingerprint density at radius 2 is 1.65 bits per heavy atom. The zero-order valence-corrected chi connectivity index (χ0v) is 12.1. The molecule has 1 fully saturated rings. The van der Waals surface area contributed by atoms with Gasteiger partial charge in [-0.25, -0.2) is 0 Å². The lowest BCUT2D eigenvalue weighted by molar-refractivity contribution is 0.475. The summed E-state index contributed by atoms with van der Waals surface area (Å²) in [5, 5.41) is 12.7. The van der Waals surface area contributed by atoms with Gasteiger partial charge in [0.1, 0.15) is 5.75 Å². The monoisotopic (exact) mass is 286 g/mol. The van der Waals surface area contributed by atoms with E-state index in [4.69, 9.17) is 0 Å². The molecule has 1 saturated heterocycles. The minimum atomic E-state index is 0.310. The standard InChI is InChI=1S/C16H18N2OS/c19-13-5-7-14(8-6-13)20-16-4-2-1-3-15(16)18-11-9-17-10-12-18/h1-8,17,19H,9-12H2. The maximum Gasteiger partial charge on any atom is 0.115 e. The number of hydrogen-bond donors (Lipinski definition) is 2. The number of phenolic OH excluding ortho intramolecular Hbond substituents is 1. The Morgan fingerprint density at radius 1 is 0.950 bits per heavy atom. The Balaban J connectivity index is 1.83. The molecule has 0 saturated carbocycles. The van der Waals surface area contributed by atoms with Gasteiger partial charge in [-0.05, 0) is 36.4 Å². The number of piperazine rings is 1. The summed E-state index contributed by atoms with van der Waals surface area (Å²) >= 11 is 1.74. The van der Waals surface area contributed by atoms with Crippen LogP contribution in [0.1, 0.15) is 0 Å². The van der Waals surface area contributed by atoms with E-state index >= 15 is 0 Å². The molecule has 0 bridgehead atoms. The molecular weight excluding hydrogens is 268 g/mol. The van der Waals surface area contributed by atoms with Gasteiger partial charge in [-0.1, -0.05) is 23.9 Å². The fourth-order valence-electron chi connectivity index (χ4n) is 2.35. The van der Waals surface area contributed by atoms with Crippen LogP contribution in [0, 0.1) is 0 Å². The average Bonchev–Trinajstić information content (AvgIpc) is 2.51. The van der Waals surface area contributed by atoms with E-state index in [1.54, 1.807) is 23.9 Å². The number of nitrogens with zero attached hydrogens (tertiary/aromatic N) is 1. The van der Waals surface area contributed by atoms with Crippen molar-refractivity contribution in [2.75, 3.05) is 31.1 Å². The van der Waals surface area contributed by atoms with Crippen molar-refractivity contribution >= 4 is 17.4 Å². The summed E-state index contributed by atoms with van der Waals surface area (Å²) in [6.45, 7) is 4.18. The SMILES string of the molecule is Oc1ccc(Sc2ccccc2N2CCNCC2)cc1. The van der Waals surface area contributed by atoms with Crippen LogP contribution in [-0.2, 0) is 0 Å². The molecule has 3 nitrogen and oxygen atoms in total. The number of rotatable bonds is 3. The highest BCUT2D eigenvalue weighted by atomic mass is 32.2. The fraction of sp³-hybridized carbons (Fsp3) is 0.250. The Labute approximate surface area is 123 Å². The average molecular weight is 286 g/mol. The highest BCUT2D eigenvalue weighted by molar-refractivity contribution is 7.99. The highest BCUT2D eigenvalue weighted by Gasteiger charge is 2.14. The number of nitrogens with one attached hydrogen (secondary N) is 1. The van der Waals surface area contributed by atoms with Gasteiger partial charge in [-0.15, -0.1) is 0 Å². The zero-order chi connectivity index (χ0) is 13.8. The minimum absolute atomic E-state index is 0.310. The molecule has 1 aliphatic heterocycles. The van der Waals surface area contributed by atoms with E-state index in [2.05, 4.69) is 34.5 Å². The van der Waals surface area contributed by atoms with Crippen molar-refractivity contribution < 1.29 is 5.11 Å². The second-order valence-corrected chi connectivity index (χ2v) is 5.92. The second-order valence-electron chi connectivity index (χ2n) is 4.80. The van der Waals surface area contributed by atoms with Crippen molar-refractivity contribution in [2.24, 2.45) is 0 Å². The van der Waals surface area contributed by atoms with E-state index in [9.17, 15) is 5.11 Å². The van der Waals surface area contributed by atoms with E-state index < -0.39 is 0 Å². The van der Waals surface area contributed by atoms with Crippen LogP contribution in [0.3, 0.4) is 0 Å². The molecule has 0 unspecified atom stereocenters. The van der Waals surface area contributed by atoms with Gasteiger partial charge in [0, 0.05) is 36.0 Å². The Hall–Kier alpha value is -1.65. The van der Waals surface area contributed by atoms with E-state index in [1.807, 2.05) is 12.1 Å². The Kier molecular flexibility index (Phi) is 4.14.